The van der Waals surface area contributed by atoms with Gasteiger partial charge in [0.05, 0.1) is 6.61 Å². The second kappa shape index (κ2) is 13.4. The van der Waals surface area contributed by atoms with Gasteiger partial charge in [0.2, 0.25) is 0 Å². The third-order valence-corrected chi connectivity index (χ3v) is 4.21. The Hall–Kier alpha value is -0.930. The first-order chi connectivity index (χ1) is 11.7. The zero-order chi connectivity index (χ0) is 17.6. The standard InChI is InChI=1S/C19H29Cl2NO2/c1-2-3-4-16-24-19(23)7-5-6-17-8-10-18(11-9-17)22(14-12-20)15-13-21/h8-11H,2-7,12-16H2,1H3. The zero-order valence-electron chi connectivity index (χ0n) is 14.6. The molecule has 136 valence electrons. The van der Waals surface area contributed by atoms with Crippen molar-refractivity contribution in [2.75, 3.05) is 36.4 Å². The summed E-state index contributed by atoms with van der Waals surface area (Å²) in [6, 6.07) is 8.41. The van der Waals surface area contributed by atoms with Crippen LogP contribution in [-0.2, 0) is 16.0 Å². The first kappa shape index (κ1) is 21.1. The summed E-state index contributed by atoms with van der Waals surface area (Å²) in [5, 5.41) is 0. The Kier molecular flexibility index (Phi) is 11.8. The number of carbonyl (C=O) groups excluding carboxylic acids is 1. The highest BCUT2D eigenvalue weighted by Crippen LogP contribution is 2.17. The Labute approximate surface area is 156 Å². The van der Waals surface area contributed by atoms with Gasteiger partial charge in [-0.2, -0.15) is 0 Å². The monoisotopic (exact) mass is 373 g/mol. The van der Waals surface area contributed by atoms with Gasteiger partial charge in [0.1, 0.15) is 0 Å². The number of hydrogen-bond acceptors (Lipinski definition) is 3. The summed E-state index contributed by atoms with van der Waals surface area (Å²) < 4.78 is 5.22. The minimum absolute atomic E-state index is 0.0851. The molecule has 0 fully saturated rings. The number of carbonyl (C=O) groups is 1. The van der Waals surface area contributed by atoms with E-state index in [1.54, 1.807) is 0 Å². The van der Waals surface area contributed by atoms with Crippen LogP contribution in [0.4, 0.5) is 5.69 Å². The van der Waals surface area contributed by atoms with Gasteiger partial charge >= 0.3 is 5.97 Å². The van der Waals surface area contributed by atoms with E-state index in [0.717, 1.165) is 50.9 Å². The van der Waals surface area contributed by atoms with Crippen LogP contribution >= 0.6 is 23.2 Å². The number of ether oxygens (including phenoxy) is 1. The molecule has 0 saturated carbocycles. The lowest BCUT2D eigenvalue weighted by Gasteiger charge is -2.23. The second-order valence-corrected chi connectivity index (χ2v) is 6.57. The number of alkyl halides is 2. The molecule has 0 aromatic heterocycles. The summed E-state index contributed by atoms with van der Waals surface area (Å²) in [4.78, 5) is 13.8. The van der Waals surface area contributed by atoms with Gasteiger partial charge in [0, 0.05) is 37.0 Å². The lowest BCUT2D eigenvalue weighted by molar-refractivity contribution is -0.143. The number of benzene rings is 1. The van der Waals surface area contributed by atoms with Crippen LogP contribution in [0.3, 0.4) is 0 Å². The molecule has 1 aromatic rings. The summed E-state index contributed by atoms with van der Waals surface area (Å²) in [5.41, 5.74) is 2.37. The second-order valence-electron chi connectivity index (χ2n) is 5.81. The fraction of sp³-hybridized carbons (Fsp3) is 0.632. The number of rotatable bonds is 13. The van der Waals surface area contributed by atoms with E-state index in [0.29, 0.717) is 24.8 Å². The third-order valence-electron chi connectivity index (χ3n) is 3.87. The minimum atomic E-state index is -0.0851. The van der Waals surface area contributed by atoms with Crippen molar-refractivity contribution in [1.29, 1.82) is 0 Å². The predicted octanol–water partition coefficient (Wildman–Crippen LogP) is 5.03. The Bertz CT molecular complexity index is 445. The molecule has 0 unspecified atom stereocenters. The average Bonchev–Trinajstić information content (AvgIpc) is 2.59. The van der Waals surface area contributed by atoms with Crippen molar-refractivity contribution in [3.63, 3.8) is 0 Å². The predicted molar refractivity (Wildman–Crippen MR) is 104 cm³/mol. The van der Waals surface area contributed by atoms with E-state index in [1.165, 1.54) is 5.56 Å². The minimum Gasteiger partial charge on any atom is -0.466 e. The van der Waals surface area contributed by atoms with E-state index in [9.17, 15) is 4.79 Å². The lowest BCUT2D eigenvalue weighted by atomic mass is 10.1. The molecule has 0 N–H and O–H groups in total. The molecular weight excluding hydrogens is 345 g/mol. The number of nitrogens with zero attached hydrogens (tertiary/aromatic N) is 1. The van der Waals surface area contributed by atoms with Crippen molar-refractivity contribution in [2.24, 2.45) is 0 Å². The highest BCUT2D eigenvalue weighted by molar-refractivity contribution is 6.18. The highest BCUT2D eigenvalue weighted by atomic mass is 35.5. The average molecular weight is 374 g/mol. The third kappa shape index (κ3) is 8.79. The molecule has 3 nitrogen and oxygen atoms in total. The molecule has 1 rings (SSSR count). The topological polar surface area (TPSA) is 29.5 Å². The van der Waals surface area contributed by atoms with E-state index in [1.807, 2.05) is 0 Å². The first-order valence-electron chi connectivity index (χ1n) is 8.82. The molecule has 5 heteroatoms. The largest absolute Gasteiger partial charge is 0.466 e. The number of aryl methyl sites for hydroxylation is 1. The van der Waals surface area contributed by atoms with Gasteiger partial charge in [-0.3, -0.25) is 4.79 Å². The van der Waals surface area contributed by atoms with Gasteiger partial charge in [-0.15, -0.1) is 23.2 Å². The van der Waals surface area contributed by atoms with Crippen LogP contribution in [0.5, 0.6) is 0 Å². The van der Waals surface area contributed by atoms with Crippen molar-refractivity contribution in [3.8, 4) is 0 Å². The van der Waals surface area contributed by atoms with Crippen LogP contribution in [-0.4, -0.2) is 37.4 Å². The maximum Gasteiger partial charge on any atom is 0.305 e. The molecule has 0 saturated heterocycles. The van der Waals surface area contributed by atoms with E-state index in [2.05, 4.69) is 36.1 Å². The van der Waals surface area contributed by atoms with E-state index >= 15 is 0 Å². The first-order valence-corrected chi connectivity index (χ1v) is 9.89. The van der Waals surface area contributed by atoms with Gasteiger partial charge in [-0.25, -0.2) is 0 Å². The Morgan fingerprint density at radius 1 is 1.04 bits per heavy atom. The molecule has 0 heterocycles. The summed E-state index contributed by atoms with van der Waals surface area (Å²) in [6.45, 7) is 4.27. The normalized spacial score (nSPS) is 10.6. The van der Waals surface area contributed by atoms with Gasteiger partial charge in [-0.05, 0) is 37.0 Å². The van der Waals surface area contributed by atoms with Gasteiger partial charge in [0.25, 0.3) is 0 Å². The van der Waals surface area contributed by atoms with Crippen molar-refractivity contribution < 1.29 is 9.53 Å². The summed E-state index contributed by atoms with van der Waals surface area (Å²) in [6.07, 6.45) is 5.41. The molecule has 24 heavy (non-hydrogen) atoms. The highest BCUT2D eigenvalue weighted by Gasteiger charge is 2.06. The van der Waals surface area contributed by atoms with Crippen molar-refractivity contribution in [1.82, 2.24) is 0 Å². The van der Waals surface area contributed by atoms with Gasteiger partial charge in [0.15, 0.2) is 0 Å². The Balaban J connectivity index is 2.32. The van der Waals surface area contributed by atoms with Crippen molar-refractivity contribution >= 4 is 34.9 Å². The quantitative estimate of drug-likeness (QED) is 0.276. The maximum atomic E-state index is 11.6. The SMILES string of the molecule is CCCCCOC(=O)CCCc1ccc(N(CCCl)CCCl)cc1. The molecule has 0 bridgehead atoms. The van der Waals surface area contributed by atoms with Crippen LogP contribution < -0.4 is 4.90 Å². The molecular formula is C19H29Cl2NO2. The number of unbranched alkanes of at least 4 members (excludes halogenated alkanes) is 2. The molecule has 0 aliphatic rings. The summed E-state index contributed by atoms with van der Waals surface area (Å²) >= 11 is 11.7. The molecule has 0 atom stereocenters. The molecule has 1 aromatic carbocycles. The zero-order valence-corrected chi connectivity index (χ0v) is 16.1. The summed E-state index contributed by atoms with van der Waals surface area (Å²) in [5.74, 6) is 1.08. The number of hydrogen-bond donors (Lipinski definition) is 0. The van der Waals surface area contributed by atoms with Crippen molar-refractivity contribution in [3.05, 3.63) is 29.8 Å². The molecule has 0 aliphatic heterocycles. The van der Waals surface area contributed by atoms with Crippen LogP contribution in [0.1, 0.15) is 44.6 Å². The smallest absolute Gasteiger partial charge is 0.305 e. The van der Waals surface area contributed by atoms with E-state index in [4.69, 9.17) is 27.9 Å². The maximum absolute atomic E-state index is 11.6. The van der Waals surface area contributed by atoms with Crippen molar-refractivity contribution in [2.45, 2.75) is 45.4 Å². The molecule has 0 radical (unpaired) electrons. The van der Waals surface area contributed by atoms with Crippen LogP contribution in [0.15, 0.2) is 24.3 Å². The summed E-state index contributed by atoms with van der Waals surface area (Å²) in [7, 11) is 0. The van der Waals surface area contributed by atoms with Crippen LogP contribution in [0, 0.1) is 0 Å². The van der Waals surface area contributed by atoms with Gasteiger partial charge < -0.3 is 9.64 Å². The fourth-order valence-electron chi connectivity index (χ4n) is 2.49. The number of halogens is 2. The van der Waals surface area contributed by atoms with E-state index in [-0.39, 0.29) is 5.97 Å². The lowest BCUT2D eigenvalue weighted by Crippen LogP contribution is -2.27. The number of anilines is 1. The fourth-order valence-corrected chi connectivity index (χ4v) is 2.90. The molecule has 0 aliphatic carbocycles. The van der Waals surface area contributed by atoms with Crippen LogP contribution in [0.25, 0.3) is 0 Å². The number of esters is 1. The Morgan fingerprint density at radius 3 is 2.29 bits per heavy atom. The van der Waals surface area contributed by atoms with E-state index < -0.39 is 0 Å². The Morgan fingerprint density at radius 2 is 1.71 bits per heavy atom. The van der Waals surface area contributed by atoms with Crippen LogP contribution in [0.2, 0.25) is 0 Å². The molecule has 0 spiro atoms. The van der Waals surface area contributed by atoms with Gasteiger partial charge in [-0.1, -0.05) is 31.9 Å². The molecule has 0 amide bonds.